The third-order valence-corrected chi connectivity index (χ3v) is 6.05. The molecule has 0 atom stereocenters. The van der Waals surface area contributed by atoms with Crippen molar-refractivity contribution in [2.24, 2.45) is 0 Å². The predicted octanol–water partition coefficient (Wildman–Crippen LogP) is 4.62. The van der Waals surface area contributed by atoms with Crippen molar-refractivity contribution in [1.82, 2.24) is 14.5 Å². The van der Waals surface area contributed by atoms with E-state index in [2.05, 4.69) is 45.9 Å². The Morgan fingerprint density at radius 3 is 2.80 bits per heavy atom. The van der Waals surface area contributed by atoms with E-state index >= 15 is 0 Å². The number of morpholine rings is 1. The van der Waals surface area contributed by atoms with Gasteiger partial charge in [0, 0.05) is 48.4 Å². The topological polar surface area (TPSA) is 50.3 Å². The molecule has 1 aliphatic rings. The van der Waals surface area contributed by atoms with E-state index in [1.165, 1.54) is 16.5 Å². The summed E-state index contributed by atoms with van der Waals surface area (Å²) >= 11 is 0. The van der Waals surface area contributed by atoms with Gasteiger partial charge in [0.25, 0.3) is 5.91 Å². The maximum Gasteiger partial charge on any atom is 0.256 e. The molecule has 1 saturated heterocycles. The second-order valence-corrected chi connectivity index (χ2v) is 8.01. The molecule has 5 heteroatoms. The fourth-order valence-corrected chi connectivity index (χ4v) is 4.41. The molecule has 0 spiro atoms. The summed E-state index contributed by atoms with van der Waals surface area (Å²) in [6.07, 6.45) is 7.31. The van der Waals surface area contributed by atoms with Crippen molar-refractivity contribution in [3.63, 3.8) is 0 Å². The Morgan fingerprint density at radius 2 is 1.90 bits per heavy atom. The van der Waals surface area contributed by atoms with Crippen LogP contribution in [-0.4, -0.2) is 46.7 Å². The van der Waals surface area contributed by atoms with E-state index in [1.54, 1.807) is 0 Å². The molecule has 2 aromatic heterocycles. The number of carbonyl (C=O) groups excluding carboxylic acids is 1. The van der Waals surface area contributed by atoms with Gasteiger partial charge in [-0.25, -0.2) is 0 Å². The second-order valence-electron chi connectivity index (χ2n) is 8.01. The summed E-state index contributed by atoms with van der Waals surface area (Å²) in [7, 11) is 0. The quantitative estimate of drug-likeness (QED) is 0.480. The minimum atomic E-state index is 0.119. The van der Waals surface area contributed by atoms with Crippen molar-refractivity contribution in [3.8, 4) is 0 Å². The van der Waals surface area contributed by atoms with E-state index in [0.29, 0.717) is 26.3 Å². The van der Waals surface area contributed by atoms with Crippen LogP contribution in [0.2, 0.25) is 0 Å². The molecule has 30 heavy (non-hydrogen) atoms. The molecule has 5 nitrogen and oxygen atoms in total. The van der Waals surface area contributed by atoms with Crippen LogP contribution >= 0.6 is 0 Å². The van der Waals surface area contributed by atoms with Crippen molar-refractivity contribution in [2.75, 3.05) is 26.3 Å². The molecule has 1 amide bonds. The number of H-pyrrole nitrogens is 1. The summed E-state index contributed by atoms with van der Waals surface area (Å²) < 4.78 is 7.65. The summed E-state index contributed by atoms with van der Waals surface area (Å²) in [6.45, 7) is 3.51. The highest BCUT2D eigenvalue weighted by atomic mass is 16.5. The highest BCUT2D eigenvalue weighted by molar-refractivity contribution is 6.07. The summed E-state index contributed by atoms with van der Waals surface area (Å²) in [5, 5.41) is 2.32. The van der Waals surface area contributed by atoms with Crippen LogP contribution in [0.5, 0.6) is 0 Å². The number of benzene rings is 2. The van der Waals surface area contributed by atoms with Gasteiger partial charge in [-0.1, -0.05) is 24.3 Å². The average molecular weight is 402 g/mol. The van der Waals surface area contributed by atoms with Gasteiger partial charge in [-0.3, -0.25) is 4.79 Å². The molecule has 0 radical (unpaired) electrons. The van der Waals surface area contributed by atoms with Crippen LogP contribution < -0.4 is 0 Å². The normalized spacial score (nSPS) is 14.6. The predicted molar refractivity (Wildman–Crippen MR) is 120 cm³/mol. The van der Waals surface area contributed by atoms with Gasteiger partial charge in [0.05, 0.1) is 18.8 Å². The lowest BCUT2D eigenvalue weighted by Gasteiger charge is -2.26. The Balaban J connectivity index is 1.27. The third kappa shape index (κ3) is 3.73. The number of nitrogens with zero attached hydrogens (tertiary/aromatic N) is 2. The molecule has 0 aliphatic carbocycles. The molecule has 2 aromatic carbocycles. The van der Waals surface area contributed by atoms with Gasteiger partial charge in [-0.15, -0.1) is 0 Å². The number of nitrogens with one attached hydrogen (secondary N) is 1. The van der Waals surface area contributed by atoms with E-state index in [1.807, 2.05) is 29.4 Å². The number of amides is 1. The monoisotopic (exact) mass is 401 g/mol. The highest BCUT2D eigenvalue weighted by Gasteiger charge is 2.22. The smallest absolute Gasteiger partial charge is 0.256 e. The van der Waals surface area contributed by atoms with Crippen LogP contribution in [0.3, 0.4) is 0 Å². The number of fused-ring (bicyclic) bond motifs is 2. The Bertz CT molecular complexity index is 1170. The van der Waals surface area contributed by atoms with E-state index < -0.39 is 0 Å². The first-order valence-corrected chi connectivity index (χ1v) is 10.8. The van der Waals surface area contributed by atoms with Crippen LogP contribution in [0.25, 0.3) is 21.8 Å². The molecule has 1 aliphatic heterocycles. The first-order valence-electron chi connectivity index (χ1n) is 10.8. The van der Waals surface area contributed by atoms with Crippen LogP contribution in [-0.2, 0) is 17.7 Å². The Labute approximate surface area is 176 Å². The maximum atomic E-state index is 13.1. The number of carbonyl (C=O) groups is 1. The molecule has 5 rings (SSSR count). The van der Waals surface area contributed by atoms with E-state index in [4.69, 9.17) is 4.74 Å². The Hall–Kier alpha value is -3.05. The molecule has 0 saturated carbocycles. The third-order valence-electron chi connectivity index (χ3n) is 6.05. The van der Waals surface area contributed by atoms with Gasteiger partial charge in [-0.05, 0) is 54.5 Å². The van der Waals surface area contributed by atoms with Crippen LogP contribution in [0.4, 0.5) is 0 Å². The standard InChI is InChI=1S/C25H27N3O2/c29-25(27-13-15-30-16-14-27)22-18-28(24-7-2-1-6-21(22)24)12-4-3-5-19-8-9-23-20(17-19)10-11-26-23/h1-2,6-11,17-18,26H,3-5,12-16H2. The minimum absolute atomic E-state index is 0.119. The van der Waals surface area contributed by atoms with Crippen molar-refractivity contribution in [2.45, 2.75) is 25.8 Å². The molecule has 4 aromatic rings. The van der Waals surface area contributed by atoms with Crippen molar-refractivity contribution in [3.05, 3.63) is 72.1 Å². The van der Waals surface area contributed by atoms with Gasteiger partial charge < -0.3 is 19.2 Å². The SMILES string of the molecule is O=C(c1cn(CCCCc2ccc3[nH]ccc3c2)c2ccccc12)N1CCOCC1. The molecular weight excluding hydrogens is 374 g/mol. The fraction of sp³-hybridized carbons (Fsp3) is 0.320. The van der Waals surface area contributed by atoms with Crippen molar-refractivity contribution in [1.29, 1.82) is 0 Å². The molecule has 0 bridgehead atoms. The number of para-hydroxylation sites is 1. The minimum Gasteiger partial charge on any atom is -0.378 e. The number of ether oxygens (including phenoxy) is 1. The largest absolute Gasteiger partial charge is 0.378 e. The first kappa shape index (κ1) is 18.9. The van der Waals surface area contributed by atoms with E-state index in [0.717, 1.165) is 42.3 Å². The number of rotatable bonds is 6. The molecule has 0 unspecified atom stereocenters. The lowest BCUT2D eigenvalue weighted by molar-refractivity contribution is 0.0304. The van der Waals surface area contributed by atoms with Gasteiger partial charge in [-0.2, -0.15) is 0 Å². The Morgan fingerprint density at radius 1 is 1.03 bits per heavy atom. The lowest BCUT2D eigenvalue weighted by atomic mass is 10.1. The van der Waals surface area contributed by atoms with Gasteiger partial charge in [0.2, 0.25) is 0 Å². The number of hydrogen-bond acceptors (Lipinski definition) is 2. The fourth-order valence-electron chi connectivity index (χ4n) is 4.41. The van der Waals surface area contributed by atoms with Crippen molar-refractivity contribution < 1.29 is 9.53 Å². The number of unbranched alkanes of at least 4 members (excludes halogenated alkanes) is 1. The maximum absolute atomic E-state index is 13.1. The zero-order chi connectivity index (χ0) is 20.3. The van der Waals surface area contributed by atoms with Crippen LogP contribution in [0.15, 0.2) is 60.9 Å². The molecular formula is C25H27N3O2. The molecule has 154 valence electrons. The van der Waals surface area contributed by atoms with Gasteiger partial charge >= 0.3 is 0 Å². The van der Waals surface area contributed by atoms with E-state index in [9.17, 15) is 4.79 Å². The number of aromatic nitrogens is 2. The summed E-state index contributed by atoms with van der Waals surface area (Å²) in [5.74, 6) is 0.119. The average Bonchev–Trinajstić information content (AvgIpc) is 3.41. The number of aromatic amines is 1. The first-order chi connectivity index (χ1) is 14.8. The summed E-state index contributed by atoms with van der Waals surface area (Å²) in [4.78, 5) is 18.2. The second kappa shape index (κ2) is 8.36. The summed E-state index contributed by atoms with van der Waals surface area (Å²) in [5.41, 5.74) is 4.52. The molecule has 1 N–H and O–H groups in total. The van der Waals surface area contributed by atoms with E-state index in [-0.39, 0.29) is 5.91 Å². The summed E-state index contributed by atoms with van der Waals surface area (Å²) in [6, 6.07) is 17.0. The number of hydrogen-bond donors (Lipinski definition) is 1. The number of aryl methyl sites for hydroxylation is 2. The highest BCUT2D eigenvalue weighted by Crippen LogP contribution is 2.24. The molecule has 3 heterocycles. The van der Waals surface area contributed by atoms with Crippen molar-refractivity contribution >= 4 is 27.7 Å². The molecule has 1 fully saturated rings. The van der Waals surface area contributed by atoms with Crippen LogP contribution in [0.1, 0.15) is 28.8 Å². The van der Waals surface area contributed by atoms with Gasteiger partial charge in [0.15, 0.2) is 0 Å². The van der Waals surface area contributed by atoms with Gasteiger partial charge in [0.1, 0.15) is 0 Å². The zero-order valence-electron chi connectivity index (χ0n) is 17.1. The lowest BCUT2D eigenvalue weighted by Crippen LogP contribution is -2.40. The van der Waals surface area contributed by atoms with Crippen LogP contribution in [0, 0.1) is 0 Å². The Kier molecular flexibility index (Phi) is 5.28. The zero-order valence-corrected chi connectivity index (χ0v) is 17.1.